The molecule has 0 saturated heterocycles. The monoisotopic (exact) mass is 380 g/mol. The predicted molar refractivity (Wildman–Crippen MR) is 109 cm³/mol. The number of nitrogens with zero attached hydrogens (tertiary/aromatic N) is 2. The highest BCUT2D eigenvalue weighted by molar-refractivity contribution is 6.30. The summed E-state index contributed by atoms with van der Waals surface area (Å²) in [5, 5.41) is 6.73. The number of carbonyl (C=O) groups excluding carboxylic acids is 1. The normalized spacial score (nSPS) is 10.5. The molecule has 1 heterocycles. The average Bonchev–Trinajstić information content (AvgIpc) is 2.64. The molecular formula is C21H21ClN4O. The van der Waals surface area contributed by atoms with Crippen molar-refractivity contribution in [2.45, 2.75) is 27.3 Å². The molecular weight excluding hydrogens is 360 g/mol. The van der Waals surface area contributed by atoms with Crippen molar-refractivity contribution in [1.29, 1.82) is 0 Å². The largest absolute Gasteiger partial charge is 0.350 e. The number of aromatic nitrogens is 2. The van der Waals surface area contributed by atoms with E-state index in [1.165, 1.54) is 5.56 Å². The van der Waals surface area contributed by atoms with Crippen molar-refractivity contribution >= 4 is 29.1 Å². The molecule has 27 heavy (non-hydrogen) atoms. The topological polar surface area (TPSA) is 66.9 Å². The third-order valence-corrected chi connectivity index (χ3v) is 4.47. The SMILES string of the molecule is Cc1cc(C(=O)Nc2ccc(C)c(C)c2)nc(NCc2ccc(Cl)cc2)n1. The van der Waals surface area contributed by atoms with Crippen LogP contribution in [0.1, 0.15) is 32.9 Å². The predicted octanol–water partition coefficient (Wildman–Crippen LogP) is 4.92. The average molecular weight is 381 g/mol. The third-order valence-electron chi connectivity index (χ3n) is 4.22. The third kappa shape index (κ3) is 5.05. The summed E-state index contributed by atoms with van der Waals surface area (Å²) in [6, 6.07) is 15.0. The van der Waals surface area contributed by atoms with Crippen LogP contribution in [0.15, 0.2) is 48.5 Å². The summed E-state index contributed by atoms with van der Waals surface area (Å²) >= 11 is 5.90. The van der Waals surface area contributed by atoms with E-state index < -0.39 is 0 Å². The van der Waals surface area contributed by atoms with Gasteiger partial charge in [-0.3, -0.25) is 4.79 Å². The summed E-state index contributed by atoms with van der Waals surface area (Å²) in [6.07, 6.45) is 0. The van der Waals surface area contributed by atoms with Crippen molar-refractivity contribution in [2.75, 3.05) is 10.6 Å². The summed E-state index contributed by atoms with van der Waals surface area (Å²) in [4.78, 5) is 21.3. The number of rotatable bonds is 5. The molecule has 3 aromatic rings. The van der Waals surface area contributed by atoms with Crippen molar-refractivity contribution in [1.82, 2.24) is 9.97 Å². The minimum atomic E-state index is -0.265. The van der Waals surface area contributed by atoms with Crippen LogP contribution in [0.4, 0.5) is 11.6 Å². The van der Waals surface area contributed by atoms with E-state index in [1.54, 1.807) is 6.07 Å². The van der Waals surface area contributed by atoms with E-state index in [0.717, 1.165) is 16.8 Å². The zero-order valence-electron chi connectivity index (χ0n) is 15.5. The Hall–Kier alpha value is -2.92. The minimum absolute atomic E-state index is 0.265. The molecule has 0 fully saturated rings. The smallest absolute Gasteiger partial charge is 0.274 e. The Morgan fingerprint density at radius 3 is 2.41 bits per heavy atom. The first-order chi connectivity index (χ1) is 12.9. The fraction of sp³-hybridized carbons (Fsp3) is 0.190. The van der Waals surface area contributed by atoms with Gasteiger partial charge in [0.1, 0.15) is 5.69 Å². The Morgan fingerprint density at radius 2 is 1.70 bits per heavy atom. The second-order valence-electron chi connectivity index (χ2n) is 6.45. The molecule has 2 N–H and O–H groups in total. The van der Waals surface area contributed by atoms with Gasteiger partial charge in [0, 0.05) is 22.9 Å². The minimum Gasteiger partial charge on any atom is -0.350 e. The summed E-state index contributed by atoms with van der Waals surface area (Å²) in [5.41, 5.74) is 5.13. The Bertz CT molecular complexity index is 970. The molecule has 0 atom stereocenters. The van der Waals surface area contributed by atoms with Crippen LogP contribution < -0.4 is 10.6 Å². The highest BCUT2D eigenvalue weighted by Crippen LogP contribution is 2.16. The van der Waals surface area contributed by atoms with Gasteiger partial charge < -0.3 is 10.6 Å². The summed E-state index contributed by atoms with van der Waals surface area (Å²) in [6.45, 7) is 6.42. The van der Waals surface area contributed by atoms with Gasteiger partial charge >= 0.3 is 0 Å². The standard InChI is InChI=1S/C21H21ClN4O/c1-13-4-9-18(10-14(13)2)25-20(27)19-11-15(3)24-21(26-19)23-12-16-5-7-17(22)8-6-16/h4-11H,12H2,1-3H3,(H,25,27)(H,23,24,26). The maximum atomic E-state index is 12.6. The maximum Gasteiger partial charge on any atom is 0.274 e. The van der Waals surface area contributed by atoms with Crippen LogP contribution in [0.5, 0.6) is 0 Å². The van der Waals surface area contributed by atoms with Crippen molar-refractivity contribution in [3.63, 3.8) is 0 Å². The van der Waals surface area contributed by atoms with Gasteiger partial charge in [-0.05, 0) is 67.8 Å². The highest BCUT2D eigenvalue weighted by atomic mass is 35.5. The lowest BCUT2D eigenvalue weighted by Crippen LogP contribution is -2.16. The maximum absolute atomic E-state index is 12.6. The quantitative estimate of drug-likeness (QED) is 0.659. The van der Waals surface area contributed by atoms with Crippen LogP contribution in [0.3, 0.4) is 0 Å². The van der Waals surface area contributed by atoms with Crippen LogP contribution in [0.25, 0.3) is 0 Å². The van der Waals surface area contributed by atoms with E-state index in [2.05, 4.69) is 20.6 Å². The number of aryl methyl sites for hydroxylation is 3. The van der Waals surface area contributed by atoms with Crippen LogP contribution in [0.2, 0.25) is 5.02 Å². The van der Waals surface area contributed by atoms with Crippen molar-refractivity contribution in [2.24, 2.45) is 0 Å². The van der Waals surface area contributed by atoms with Gasteiger partial charge in [-0.1, -0.05) is 29.8 Å². The number of hydrogen-bond donors (Lipinski definition) is 2. The molecule has 0 aliphatic heterocycles. The summed E-state index contributed by atoms with van der Waals surface area (Å²) in [5.74, 6) is 0.147. The summed E-state index contributed by atoms with van der Waals surface area (Å²) < 4.78 is 0. The first-order valence-electron chi connectivity index (χ1n) is 8.63. The molecule has 5 nitrogen and oxygen atoms in total. The van der Waals surface area contributed by atoms with Gasteiger partial charge in [0.05, 0.1) is 0 Å². The molecule has 2 aromatic carbocycles. The molecule has 1 amide bonds. The fourth-order valence-electron chi connectivity index (χ4n) is 2.56. The van der Waals surface area contributed by atoms with Gasteiger partial charge in [0.15, 0.2) is 0 Å². The molecule has 0 spiro atoms. The molecule has 0 aliphatic rings. The van der Waals surface area contributed by atoms with Crippen LogP contribution in [0, 0.1) is 20.8 Å². The van der Waals surface area contributed by atoms with Gasteiger partial charge in [-0.15, -0.1) is 0 Å². The number of nitrogens with one attached hydrogen (secondary N) is 2. The number of hydrogen-bond acceptors (Lipinski definition) is 4. The first-order valence-corrected chi connectivity index (χ1v) is 9.01. The number of benzene rings is 2. The van der Waals surface area contributed by atoms with E-state index >= 15 is 0 Å². The van der Waals surface area contributed by atoms with Crippen molar-refractivity contribution in [3.05, 3.63) is 81.6 Å². The fourth-order valence-corrected chi connectivity index (χ4v) is 2.69. The lowest BCUT2D eigenvalue weighted by molar-refractivity contribution is 0.102. The Morgan fingerprint density at radius 1 is 0.963 bits per heavy atom. The first kappa shape index (κ1) is 18.9. The highest BCUT2D eigenvalue weighted by Gasteiger charge is 2.11. The van der Waals surface area contributed by atoms with E-state index in [0.29, 0.717) is 28.9 Å². The van der Waals surface area contributed by atoms with Gasteiger partial charge in [-0.2, -0.15) is 0 Å². The zero-order chi connectivity index (χ0) is 19.4. The van der Waals surface area contributed by atoms with Crippen LogP contribution in [-0.2, 0) is 6.54 Å². The Labute approximate surface area is 163 Å². The lowest BCUT2D eigenvalue weighted by Gasteiger charge is -2.10. The van der Waals surface area contributed by atoms with Gasteiger partial charge in [-0.25, -0.2) is 9.97 Å². The van der Waals surface area contributed by atoms with E-state index in [-0.39, 0.29) is 5.91 Å². The summed E-state index contributed by atoms with van der Waals surface area (Å²) in [7, 11) is 0. The van der Waals surface area contributed by atoms with Crippen molar-refractivity contribution < 1.29 is 4.79 Å². The second kappa shape index (κ2) is 8.18. The lowest BCUT2D eigenvalue weighted by atomic mass is 10.1. The van der Waals surface area contributed by atoms with E-state index in [4.69, 9.17) is 11.6 Å². The van der Waals surface area contributed by atoms with Gasteiger partial charge in [0.2, 0.25) is 5.95 Å². The molecule has 0 bridgehead atoms. The number of anilines is 2. The molecule has 138 valence electrons. The van der Waals surface area contributed by atoms with Crippen molar-refractivity contribution in [3.8, 4) is 0 Å². The molecule has 0 aliphatic carbocycles. The Balaban J connectivity index is 1.72. The number of amides is 1. The molecule has 0 radical (unpaired) electrons. The van der Waals surface area contributed by atoms with Gasteiger partial charge in [0.25, 0.3) is 5.91 Å². The Kier molecular flexibility index (Phi) is 5.72. The molecule has 6 heteroatoms. The molecule has 3 rings (SSSR count). The van der Waals surface area contributed by atoms with Crippen LogP contribution >= 0.6 is 11.6 Å². The number of carbonyl (C=O) groups is 1. The molecule has 1 aromatic heterocycles. The molecule has 0 saturated carbocycles. The van der Waals surface area contributed by atoms with E-state index in [1.807, 2.05) is 63.2 Å². The van der Waals surface area contributed by atoms with E-state index in [9.17, 15) is 4.79 Å². The molecule has 0 unspecified atom stereocenters. The number of halogens is 1. The zero-order valence-corrected chi connectivity index (χ0v) is 16.3. The van der Waals surface area contributed by atoms with Crippen LogP contribution in [-0.4, -0.2) is 15.9 Å². The second-order valence-corrected chi connectivity index (χ2v) is 6.89.